The molecule has 8 fully saturated rings. The van der Waals surface area contributed by atoms with Crippen LogP contribution in [0.3, 0.4) is 0 Å². The molecule has 544 valence electrons. The number of allylic oxidation sites excluding steroid dienone is 2. The van der Waals surface area contributed by atoms with E-state index in [1.165, 1.54) is 12.0 Å². The van der Waals surface area contributed by atoms with Gasteiger partial charge in [-0.2, -0.15) is 10.0 Å². The monoisotopic (exact) mass is 1340 g/mol. The highest BCUT2D eigenvalue weighted by Crippen LogP contribution is 2.78. The molecule has 2 aromatic rings. The zero-order valence-corrected chi connectivity index (χ0v) is 62.4. The van der Waals surface area contributed by atoms with Gasteiger partial charge in [-0.1, -0.05) is 186 Å². The van der Waals surface area contributed by atoms with Crippen molar-refractivity contribution >= 4 is 23.8 Å². The molecule has 2 aromatic heterocycles. The smallest absolute Gasteiger partial charge is 0.307 e. The zero-order valence-electron chi connectivity index (χ0n) is 62.4. The first kappa shape index (κ1) is 76.1. The average molecular weight is 1340 g/mol. The molecule has 0 spiro atoms. The van der Waals surface area contributed by atoms with Crippen molar-refractivity contribution in [1.82, 2.24) is 40.8 Å². The fraction of sp³-hybridized carbons (Fsp3) is 0.895. The maximum absolute atomic E-state index is 13.4. The fourth-order valence-electron chi connectivity index (χ4n) is 23.9. The summed E-state index contributed by atoms with van der Waals surface area (Å²) in [6, 6.07) is -0.327. The summed E-state index contributed by atoms with van der Waals surface area (Å²) in [4.78, 5) is 28.4. The number of anilines is 2. The van der Waals surface area contributed by atoms with Gasteiger partial charge < -0.3 is 52.1 Å². The van der Waals surface area contributed by atoms with E-state index in [2.05, 4.69) is 194 Å². The molecule has 20 heteroatoms. The van der Waals surface area contributed by atoms with E-state index in [9.17, 15) is 19.8 Å². The number of tetrazole rings is 2. The second kappa shape index (κ2) is 26.1. The number of carboxylic acids is 2. The Morgan fingerprint density at radius 2 is 1.05 bits per heavy atom. The normalized spacial score (nSPS) is 43.5. The largest absolute Gasteiger partial charge is 0.481 e. The van der Waals surface area contributed by atoms with Crippen LogP contribution in [0.2, 0.25) is 0 Å². The summed E-state index contributed by atoms with van der Waals surface area (Å²) in [6.07, 6.45) is 16.9. The second-order valence-corrected chi connectivity index (χ2v) is 37.8. The van der Waals surface area contributed by atoms with Crippen molar-refractivity contribution in [3.05, 3.63) is 23.3 Å². The van der Waals surface area contributed by atoms with Crippen molar-refractivity contribution in [2.75, 3.05) is 51.1 Å². The number of carbonyl (C=O) groups is 2. The predicted molar refractivity (Wildman–Crippen MR) is 377 cm³/mol. The molecule has 0 aromatic carbocycles. The van der Waals surface area contributed by atoms with Crippen molar-refractivity contribution in [3.63, 3.8) is 0 Å². The molecular formula is C76H132N12O8. The van der Waals surface area contributed by atoms with Crippen molar-refractivity contribution < 1.29 is 38.7 Å². The first-order valence-electron chi connectivity index (χ1n) is 36.8. The van der Waals surface area contributed by atoms with Gasteiger partial charge in [0.25, 0.3) is 11.9 Å². The van der Waals surface area contributed by atoms with E-state index in [0.29, 0.717) is 73.8 Å². The summed E-state index contributed by atoms with van der Waals surface area (Å²) in [6.45, 7) is 51.7. The Kier molecular flexibility index (Phi) is 20.7. The molecule has 0 amide bonds. The van der Waals surface area contributed by atoms with E-state index in [0.717, 1.165) is 83.8 Å². The standard InChI is InChI=1S/C37H62N6O4.C37H63NO4.CH3N5.CH4/c1-21(2)22(3)33(7)15-16-35(9)23-11-12-26-34(8)19-46-20-37(26,24(23)13-14-36(35,10)28(33)30(44)45)17-25(43-41-31(39)40-42-43)29(34)47-18-27(38)32(4,5)6;1-22(2)24(4)33(8)16-17-35(10)25-12-13-27-34(9)20-41-21-37(27,26(25)14-15-36(35,11)29(33)31(39)40)18-23(3)30(34)42-19-28(38)32(5,6)7;2-1-3-5-6-4-1;/h13,21-23,25-29H,11-12,14-20,38H2,1-10H3,(H2,39,41)(H,44,45);14,22-25,27-30H,12-13,15-21,38H2,1-11H3,(H,39,40);(H3,2,3,4,5,6);1H4/t22-,23+,25-,26+,27+,28-,29+,33-,34-,35-,36+,37+;23-,24-,25+,27+,28+,29-,30+,33-,34-,35-,36+,37+;;/m11../s1. The van der Waals surface area contributed by atoms with Gasteiger partial charge in [0.2, 0.25) is 0 Å². The molecule has 8 aliphatic carbocycles. The number of nitrogens with zero attached hydrogens (tertiary/aromatic N) is 7. The minimum absolute atomic E-state index is 0. The lowest BCUT2D eigenvalue weighted by Crippen LogP contribution is -2.69. The third kappa shape index (κ3) is 11.8. The lowest BCUT2D eigenvalue weighted by Gasteiger charge is -2.71. The van der Waals surface area contributed by atoms with Crippen LogP contribution in [0.1, 0.15) is 236 Å². The molecule has 24 atom stereocenters. The van der Waals surface area contributed by atoms with Gasteiger partial charge >= 0.3 is 11.9 Å². The molecule has 11 N–H and O–H groups in total. The molecule has 4 heterocycles. The molecule has 2 aliphatic heterocycles. The first-order chi connectivity index (χ1) is 43.9. The summed E-state index contributed by atoms with van der Waals surface area (Å²) in [5.41, 5.74) is 25.3. The van der Waals surface area contributed by atoms with Gasteiger partial charge in [-0.3, -0.25) is 9.59 Å². The molecule has 0 unspecified atom stereocenters. The third-order valence-electron chi connectivity index (χ3n) is 30.7. The average Bonchev–Trinajstić information content (AvgIpc) is 0.718. The molecular weight excluding hydrogens is 1210 g/mol. The Morgan fingerprint density at radius 3 is 1.42 bits per heavy atom. The van der Waals surface area contributed by atoms with Gasteiger partial charge in [-0.25, -0.2) is 0 Å². The second-order valence-electron chi connectivity index (χ2n) is 37.8. The molecule has 10 aliphatic rings. The number of H-pyrrole nitrogens is 1. The molecule has 20 nitrogen and oxygen atoms in total. The van der Waals surface area contributed by atoms with Gasteiger partial charge in [0.15, 0.2) is 0 Å². The highest BCUT2D eigenvalue weighted by Gasteiger charge is 2.74. The molecule has 6 saturated carbocycles. The van der Waals surface area contributed by atoms with Gasteiger partial charge in [0.1, 0.15) is 6.04 Å². The maximum Gasteiger partial charge on any atom is 0.307 e. The maximum atomic E-state index is 13.4. The van der Waals surface area contributed by atoms with Gasteiger partial charge in [-0.05, 0) is 184 Å². The number of carboxylic acid groups (broad SMARTS) is 2. The summed E-state index contributed by atoms with van der Waals surface area (Å²) < 4.78 is 26.9. The molecule has 4 bridgehead atoms. The van der Waals surface area contributed by atoms with Crippen LogP contribution in [0, 0.1) is 130 Å². The summed E-state index contributed by atoms with van der Waals surface area (Å²) in [7, 11) is 0. The Hall–Kier alpha value is -4.08. The number of ether oxygens (including phenoxy) is 4. The number of hydrogen-bond acceptors (Lipinski definition) is 16. The van der Waals surface area contributed by atoms with E-state index in [4.69, 9.17) is 41.9 Å². The number of aliphatic carboxylic acids is 2. The van der Waals surface area contributed by atoms with E-state index in [1.54, 1.807) is 10.4 Å². The summed E-state index contributed by atoms with van der Waals surface area (Å²) in [5, 5.41) is 47.0. The van der Waals surface area contributed by atoms with Crippen LogP contribution >= 0.6 is 0 Å². The number of aromatic amines is 1. The number of nitrogens with two attached hydrogens (primary N) is 4. The van der Waals surface area contributed by atoms with E-state index in [-0.39, 0.29) is 126 Å². The lowest BCUT2D eigenvalue weighted by atomic mass is 9.34. The predicted octanol–water partition coefficient (Wildman–Crippen LogP) is 13.5. The van der Waals surface area contributed by atoms with Crippen LogP contribution in [0.15, 0.2) is 23.3 Å². The highest BCUT2D eigenvalue weighted by molar-refractivity contribution is 5.74. The van der Waals surface area contributed by atoms with E-state index < -0.39 is 17.9 Å². The zero-order chi connectivity index (χ0) is 70.2. The SMILES string of the molecule is C.CC(C)[C@@H](C)[C@@]1(C)CC[C@]2(C)[C@H]3CC[C@@H]4[C@@]5(COC[C@@]4(C)[C@@H](OC[C@H](N)C(C)(C)C)[C@H](C)C5)C3=CC[C@@]2(C)[C@@H]1C(=O)O.CC(C)[C@@H](C)[C@@]1(C)CC[C@]2(C)[C@H]3CC[C@@H]4[C@@]5(COC[C@@]4(C)[C@@H](OC[C@H](N)C(C)(C)C)[C@H](n4nnc(N)n4)C5)C3=CC[C@@]2(C)[C@@H]1C(=O)O.Nc1nn[nH]n1. The molecule has 12 rings (SSSR count). The topological polar surface area (TPSA) is 314 Å². The molecule has 2 saturated heterocycles. The van der Waals surface area contributed by atoms with E-state index >= 15 is 0 Å². The minimum Gasteiger partial charge on any atom is -0.481 e. The summed E-state index contributed by atoms with van der Waals surface area (Å²) in [5.74, 6) is 1.86. The van der Waals surface area contributed by atoms with Crippen LogP contribution in [0.5, 0.6) is 0 Å². The third-order valence-corrected chi connectivity index (χ3v) is 30.7. The van der Waals surface area contributed by atoms with Gasteiger partial charge in [0, 0.05) is 33.7 Å². The highest BCUT2D eigenvalue weighted by atomic mass is 16.5. The summed E-state index contributed by atoms with van der Waals surface area (Å²) >= 11 is 0. The Balaban J connectivity index is 0.000000206. The molecule has 0 radical (unpaired) electrons. The van der Waals surface area contributed by atoms with Crippen LogP contribution < -0.4 is 22.9 Å². The number of hydrogen-bond donors (Lipinski definition) is 7. The number of fused-ring (bicyclic) bond motifs is 6. The Bertz CT molecular complexity index is 3160. The number of nitrogens with one attached hydrogen (secondary N) is 1. The lowest BCUT2D eigenvalue weighted by molar-refractivity contribution is -0.252. The van der Waals surface area contributed by atoms with Crippen LogP contribution in [0.25, 0.3) is 0 Å². The number of aromatic nitrogens is 8. The quantitative estimate of drug-likeness (QED) is 0.0917. The van der Waals surface area contributed by atoms with Crippen LogP contribution in [-0.4, -0.2) is 127 Å². The van der Waals surface area contributed by atoms with Gasteiger partial charge in [-0.15, -0.1) is 10.2 Å². The van der Waals surface area contributed by atoms with E-state index in [1.807, 2.05) is 0 Å². The fourth-order valence-corrected chi connectivity index (χ4v) is 23.9. The number of rotatable bonds is 13. The van der Waals surface area contributed by atoms with Crippen molar-refractivity contribution in [2.45, 2.75) is 260 Å². The first-order valence-corrected chi connectivity index (χ1v) is 36.8. The number of nitrogen functional groups attached to an aromatic ring is 2. The van der Waals surface area contributed by atoms with Crippen LogP contribution in [0.4, 0.5) is 11.9 Å². The van der Waals surface area contributed by atoms with Crippen molar-refractivity contribution in [2.24, 2.45) is 142 Å². The minimum atomic E-state index is -0.633. The van der Waals surface area contributed by atoms with Crippen molar-refractivity contribution in [3.8, 4) is 0 Å². The Labute approximate surface area is 577 Å². The van der Waals surface area contributed by atoms with Gasteiger partial charge in [0.05, 0.1) is 63.7 Å². The van der Waals surface area contributed by atoms with Crippen LogP contribution in [-0.2, 0) is 28.5 Å². The Morgan fingerprint density at radius 1 is 0.625 bits per heavy atom. The molecule has 96 heavy (non-hydrogen) atoms. The van der Waals surface area contributed by atoms with Crippen molar-refractivity contribution in [1.29, 1.82) is 0 Å².